The average Bonchev–Trinajstić information content (AvgIpc) is 2.26. The van der Waals surface area contributed by atoms with E-state index in [2.05, 4.69) is 29.1 Å². The monoisotopic (exact) mass is 200 g/mol. The number of aryl methyl sites for hydroxylation is 1. The summed E-state index contributed by atoms with van der Waals surface area (Å²) in [6, 6.07) is 3.94. The van der Waals surface area contributed by atoms with Crippen molar-refractivity contribution in [3.05, 3.63) is 41.4 Å². The van der Waals surface area contributed by atoms with Crippen molar-refractivity contribution in [2.75, 3.05) is 7.05 Å². The van der Waals surface area contributed by atoms with Crippen LogP contribution in [0.3, 0.4) is 0 Å². The van der Waals surface area contributed by atoms with Crippen LogP contribution in [-0.4, -0.2) is 12.0 Å². The van der Waals surface area contributed by atoms with Crippen LogP contribution in [0.15, 0.2) is 30.1 Å². The van der Waals surface area contributed by atoms with Gasteiger partial charge in [0, 0.05) is 25.0 Å². The lowest BCUT2D eigenvalue weighted by atomic mass is 10.2. The summed E-state index contributed by atoms with van der Waals surface area (Å²) in [6.45, 7) is 4.10. The number of aromatic nitrogens is 1. The van der Waals surface area contributed by atoms with Gasteiger partial charge in [0.05, 0.1) is 0 Å². The number of hydrogen-bond donors (Lipinski definition) is 1. The third-order valence-corrected chi connectivity index (χ3v) is 2.05. The second kappa shape index (κ2) is 5.87. The topological polar surface area (TPSA) is 24.9 Å². The molecule has 0 aromatic carbocycles. The summed E-state index contributed by atoms with van der Waals surface area (Å²) in [5.41, 5.74) is 3.06. The van der Waals surface area contributed by atoms with Gasteiger partial charge in [0.15, 0.2) is 0 Å². The number of rotatable bonds is 2. The Balaban J connectivity index is 2.90. The molecule has 0 atom stereocenters. The molecule has 0 aliphatic carbocycles. The highest BCUT2D eigenvalue weighted by molar-refractivity contribution is 5.40. The SMILES string of the molecule is CC/C(C#Cc1ncccc1C)=C\NC. The van der Waals surface area contributed by atoms with Crippen LogP contribution in [0.1, 0.15) is 24.6 Å². The second-order valence-corrected chi connectivity index (χ2v) is 3.23. The largest absolute Gasteiger partial charge is 0.393 e. The summed E-state index contributed by atoms with van der Waals surface area (Å²) in [6.07, 6.45) is 4.62. The molecule has 0 unspecified atom stereocenters. The molecule has 0 saturated heterocycles. The molecule has 0 spiro atoms. The van der Waals surface area contributed by atoms with Gasteiger partial charge in [-0.3, -0.25) is 0 Å². The molecule has 0 amide bonds. The van der Waals surface area contributed by atoms with Crippen molar-refractivity contribution in [2.24, 2.45) is 0 Å². The first-order valence-corrected chi connectivity index (χ1v) is 5.08. The van der Waals surface area contributed by atoms with E-state index < -0.39 is 0 Å². The van der Waals surface area contributed by atoms with Crippen molar-refractivity contribution >= 4 is 0 Å². The molecule has 1 heterocycles. The smallest absolute Gasteiger partial charge is 0.116 e. The lowest BCUT2D eigenvalue weighted by molar-refractivity contribution is 1.05. The first-order chi connectivity index (χ1) is 7.27. The van der Waals surface area contributed by atoms with Gasteiger partial charge in [-0.1, -0.05) is 18.9 Å². The highest BCUT2D eigenvalue weighted by atomic mass is 14.8. The fourth-order valence-corrected chi connectivity index (χ4v) is 1.16. The van der Waals surface area contributed by atoms with E-state index in [0.29, 0.717) is 0 Å². The molecule has 15 heavy (non-hydrogen) atoms. The maximum absolute atomic E-state index is 4.22. The van der Waals surface area contributed by atoms with E-state index in [1.807, 2.05) is 32.3 Å². The average molecular weight is 200 g/mol. The molecular weight excluding hydrogens is 184 g/mol. The summed E-state index contributed by atoms with van der Waals surface area (Å²) in [4.78, 5) is 4.22. The molecule has 0 saturated carbocycles. The Morgan fingerprint density at radius 2 is 2.40 bits per heavy atom. The Kier molecular flexibility index (Phi) is 4.43. The van der Waals surface area contributed by atoms with Crippen LogP contribution >= 0.6 is 0 Å². The highest BCUT2D eigenvalue weighted by Gasteiger charge is 1.92. The molecule has 78 valence electrons. The summed E-state index contributed by atoms with van der Waals surface area (Å²) in [7, 11) is 1.88. The quantitative estimate of drug-likeness (QED) is 0.741. The maximum Gasteiger partial charge on any atom is 0.116 e. The van der Waals surface area contributed by atoms with Crippen LogP contribution in [-0.2, 0) is 0 Å². The van der Waals surface area contributed by atoms with Crippen molar-refractivity contribution < 1.29 is 0 Å². The summed E-state index contributed by atoms with van der Waals surface area (Å²) < 4.78 is 0. The maximum atomic E-state index is 4.22. The van der Waals surface area contributed by atoms with Crippen LogP contribution in [0.25, 0.3) is 0 Å². The number of hydrogen-bond acceptors (Lipinski definition) is 2. The zero-order chi connectivity index (χ0) is 11.1. The van der Waals surface area contributed by atoms with Gasteiger partial charge in [0.2, 0.25) is 0 Å². The first kappa shape index (κ1) is 11.3. The molecule has 1 aromatic rings. The molecule has 1 N–H and O–H groups in total. The van der Waals surface area contributed by atoms with Crippen LogP contribution in [0, 0.1) is 18.8 Å². The van der Waals surface area contributed by atoms with Gasteiger partial charge in [-0.05, 0) is 30.9 Å². The van der Waals surface area contributed by atoms with Crippen molar-refractivity contribution in [1.29, 1.82) is 0 Å². The number of allylic oxidation sites excluding steroid dienone is 1. The number of nitrogens with one attached hydrogen (secondary N) is 1. The summed E-state index contributed by atoms with van der Waals surface area (Å²) >= 11 is 0. The van der Waals surface area contributed by atoms with Gasteiger partial charge < -0.3 is 5.32 Å². The molecule has 0 radical (unpaired) electrons. The molecule has 0 aliphatic rings. The first-order valence-electron chi connectivity index (χ1n) is 5.08. The second-order valence-electron chi connectivity index (χ2n) is 3.23. The molecule has 0 aliphatic heterocycles. The van der Waals surface area contributed by atoms with Crippen LogP contribution in [0.4, 0.5) is 0 Å². The minimum absolute atomic E-state index is 0.855. The standard InChI is InChI=1S/C13H16N2/c1-4-12(10-14-3)7-8-13-11(2)6-5-9-15-13/h5-6,9-10,14H,4H2,1-3H3/b12-10+. The van der Waals surface area contributed by atoms with Gasteiger partial charge in [0.1, 0.15) is 5.69 Å². The fourth-order valence-electron chi connectivity index (χ4n) is 1.16. The molecule has 1 aromatic heterocycles. The molecular formula is C13H16N2. The Hall–Kier alpha value is -1.75. The minimum atomic E-state index is 0.855. The van der Waals surface area contributed by atoms with E-state index in [-0.39, 0.29) is 0 Å². The van der Waals surface area contributed by atoms with Crippen LogP contribution in [0.5, 0.6) is 0 Å². The number of pyridine rings is 1. The fraction of sp³-hybridized carbons (Fsp3) is 0.308. The van der Waals surface area contributed by atoms with Crippen molar-refractivity contribution in [1.82, 2.24) is 10.3 Å². The zero-order valence-electron chi connectivity index (χ0n) is 9.46. The predicted octanol–water partition coefficient (Wildman–Crippen LogP) is 2.25. The molecule has 0 fully saturated rings. The Morgan fingerprint density at radius 3 is 3.00 bits per heavy atom. The van der Waals surface area contributed by atoms with Crippen molar-refractivity contribution in [3.8, 4) is 11.8 Å². The van der Waals surface area contributed by atoms with Crippen molar-refractivity contribution in [2.45, 2.75) is 20.3 Å². The van der Waals surface area contributed by atoms with Gasteiger partial charge in [-0.25, -0.2) is 4.98 Å². The third-order valence-electron chi connectivity index (χ3n) is 2.05. The Morgan fingerprint density at radius 1 is 1.60 bits per heavy atom. The Bertz CT molecular complexity index is 408. The third kappa shape index (κ3) is 3.47. The van der Waals surface area contributed by atoms with E-state index in [1.54, 1.807) is 6.20 Å². The van der Waals surface area contributed by atoms with Gasteiger partial charge in [0.25, 0.3) is 0 Å². The predicted molar refractivity (Wildman–Crippen MR) is 63.3 cm³/mol. The van der Waals surface area contributed by atoms with Crippen LogP contribution in [0.2, 0.25) is 0 Å². The molecule has 0 bridgehead atoms. The zero-order valence-corrected chi connectivity index (χ0v) is 9.46. The molecule has 1 rings (SSSR count). The van der Waals surface area contributed by atoms with E-state index in [9.17, 15) is 0 Å². The van der Waals surface area contributed by atoms with E-state index in [0.717, 1.165) is 23.3 Å². The number of nitrogens with zero attached hydrogens (tertiary/aromatic N) is 1. The van der Waals surface area contributed by atoms with E-state index in [4.69, 9.17) is 0 Å². The highest BCUT2D eigenvalue weighted by Crippen LogP contribution is 2.02. The normalized spacial score (nSPS) is 10.5. The van der Waals surface area contributed by atoms with Crippen molar-refractivity contribution in [3.63, 3.8) is 0 Å². The van der Waals surface area contributed by atoms with E-state index >= 15 is 0 Å². The summed E-state index contributed by atoms with van der Waals surface area (Å²) in [5, 5.41) is 2.98. The van der Waals surface area contributed by atoms with Gasteiger partial charge in [-0.15, -0.1) is 0 Å². The van der Waals surface area contributed by atoms with Gasteiger partial charge in [-0.2, -0.15) is 0 Å². The van der Waals surface area contributed by atoms with Crippen LogP contribution < -0.4 is 5.32 Å². The minimum Gasteiger partial charge on any atom is -0.393 e. The van der Waals surface area contributed by atoms with E-state index in [1.165, 1.54) is 0 Å². The molecule has 2 nitrogen and oxygen atoms in total. The summed E-state index contributed by atoms with van der Waals surface area (Å²) in [5.74, 6) is 6.19. The Labute approximate surface area is 91.4 Å². The van der Waals surface area contributed by atoms with Gasteiger partial charge >= 0.3 is 0 Å². The lowest BCUT2D eigenvalue weighted by Crippen LogP contribution is -1.95. The lowest BCUT2D eigenvalue weighted by Gasteiger charge is -1.95. The molecule has 2 heteroatoms.